The molecule has 3 aromatic carbocycles. The number of methoxy groups -OCH3 is 2. The fourth-order valence-corrected chi connectivity index (χ4v) is 9.25. The number of rotatable bonds is 9. The third-order valence-electron chi connectivity index (χ3n) is 12.3. The molecule has 0 atom stereocenters. The van der Waals surface area contributed by atoms with Gasteiger partial charge in [-0.25, -0.2) is 4.79 Å². The predicted molar refractivity (Wildman–Crippen MR) is 219 cm³/mol. The Morgan fingerprint density at radius 1 is 0.900 bits per heavy atom. The topological polar surface area (TPSA) is 154 Å². The molecule has 17 heteroatoms. The first kappa shape index (κ1) is 39.1. The number of fused-ring (bicyclic) bond motifs is 3. The van der Waals surface area contributed by atoms with E-state index in [1.54, 1.807) is 44.6 Å². The van der Waals surface area contributed by atoms with Crippen LogP contribution < -0.4 is 30.1 Å². The van der Waals surface area contributed by atoms with E-state index in [0.29, 0.717) is 48.0 Å². The van der Waals surface area contributed by atoms with Gasteiger partial charge < -0.3 is 18.9 Å². The van der Waals surface area contributed by atoms with E-state index in [4.69, 9.17) is 9.47 Å². The van der Waals surface area contributed by atoms with Crippen LogP contribution in [0.5, 0.6) is 11.5 Å². The van der Waals surface area contributed by atoms with Crippen molar-refractivity contribution in [3.8, 4) is 22.6 Å². The third-order valence-corrected chi connectivity index (χ3v) is 12.3. The van der Waals surface area contributed by atoms with Crippen molar-refractivity contribution in [2.24, 2.45) is 13.0 Å². The summed E-state index contributed by atoms with van der Waals surface area (Å²) in [6.45, 7) is 3.13. The molecular weight excluding hydrogens is 780 g/mol. The number of piperidine rings is 1. The van der Waals surface area contributed by atoms with Crippen molar-refractivity contribution in [3.05, 3.63) is 93.0 Å². The molecule has 0 radical (unpaired) electrons. The summed E-state index contributed by atoms with van der Waals surface area (Å²) in [4.78, 5) is 42.2. The van der Waals surface area contributed by atoms with Crippen molar-refractivity contribution < 1.29 is 32.2 Å². The van der Waals surface area contributed by atoms with Gasteiger partial charge in [-0.3, -0.25) is 34.9 Å². The van der Waals surface area contributed by atoms with Gasteiger partial charge in [0.1, 0.15) is 22.6 Å². The van der Waals surface area contributed by atoms with Crippen LogP contribution in [0.15, 0.2) is 59.7 Å². The number of hydrogen-bond acceptors (Lipinski definition) is 9. The molecule has 0 unspecified atom stereocenters. The number of nitrogens with zero attached hydrogens (tertiary/aromatic N) is 6. The molecule has 0 bridgehead atoms. The first-order valence-electron chi connectivity index (χ1n) is 20.0. The molecule has 3 N–H and O–H groups in total. The van der Waals surface area contributed by atoms with Gasteiger partial charge in [0, 0.05) is 75.3 Å². The first-order valence-corrected chi connectivity index (χ1v) is 20.0. The van der Waals surface area contributed by atoms with Gasteiger partial charge in [0.25, 0.3) is 5.56 Å². The maximum atomic E-state index is 14.8. The fraction of sp³-hybridized carbons (Fsp3) is 0.372. The number of amides is 3. The van der Waals surface area contributed by atoms with E-state index in [1.807, 2.05) is 12.1 Å². The molecule has 312 valence electrons. The van der Waals surface area contributed by atoms with Gasteiger partial charge in [-0.1, -0.05) is 18.2 Å². The molecule has 6 heterocycles. The number of ether oxygens (including phenoxy) is 2. The van der Waals surface area contributed by atoms with Crippen LogP contribution in [-0.4, -0.2) is 82.2 Å². The number of H-pyrrole nitrogens is 2. The van der Waals surface area contributed by atoms with Gasteiger partial charge in [0.2, 0.25) is 5.91 Å². The number of aryl methyl sites for hydroxylation is 1. The molecule has 6 aromatic rings. The minimum Gasteiger partial charge on any atom is -0.496 e. The zero-order valence-corrected chi connectivity index (χ0v) is 33.4. The van der Waals surface area contributed by atoms with Crippen LogP contribution in [0.2, 0.25) is 0 Å². The van der Waals surface area contributed by atoms with Crippen LogP contribution in [0.3, 0.4) is 0 Å². The van der Waals surface area contributed by atoms with E-state index in [2.05, 4.69) is 48.8 Å². The lowest BCUT2D eigenvalue weighted by atomic mass is 9.85. The number of carbonyl (C=O) groups excluding carboxylic acids is 2. The Morgan fingerprint density at radius 3 is 2.38 bits per heavy atom. The van der Waals surface area contributed by atoms with Crippen LogP contribution in [0, 0.1) is 5.92 Å². The second kappa shape index (κ2) is 15.3. The second-order valence-electron chi connectivity index (χ2n) is 15.8. The molecule has 3 aliphatic rings. The number of hydrogen-bond donors (Lipinski definition) is 3. The average Bonchev–Trinajstić information content (AvgIpc) is 3.90. The second-order valence-corrected chi connectivity index (χ2v) is 15.8. The molecular formula is C43H44F3N9O5. The number of urea groups is 1. The molecule has 2 fully saturated rings. The number of benzene rings is 3. The molecule has 60 heavy (non-hydrogen) atoms. The zero-order valence-electron chi connectivity index (χ0n) is 33.4. The SMILES string of the molecule is COc1cc(-c2cn(C)c(=O)c3[nH]ncc23)cc(OC)c1CN1CCc2c(CC3CCN(c4ccc5c(N6CCC(=O)NC6=O)n[nH]c5c4C(F)(F)F)CC3)cccc2C1. The Labute approximate surface area is 342 Å². The van der Waals surface area contributed by atoms with Crippen molar-refractivity contribution in [2.75, 3.05) is 50.2 Å². The van der Waals surface area contributed by atoms with Crippen LogP contribution >= 0.6 is 0 Å². The standard InChI is InChI=1S/C43H44F3N9O5/c1-52-22-31(30-20-47-49-39(30)41(52)57)27-18-34(59-2)32(35(19-27)60-3)23-53-13-11-28-25(5-4-6-26(28)21-53)17-24-9-14-54(15-10-24)33-8-7-29-38(37(33)43(44,45)46)50-51-40(29)55-16-12-36(56)48-42(55)58/h4-8,18-20,22,24H,9-17,21,23H2,1-3H3,(H,47,49)(H,50,51)(H,48,56,58). The van der Waals surface area contributed by atoms with Crippen molar-refractivity contribution in [1.82, 2.24) is 35.2 Å². The number of aromatic amines is 2. The van der Waals surface area contributed by atoms with Gasteiger partial charge in [-0.15, -0.1) is 0 Å². The lowest BCUT2D eigenvalue weighted by molar-refractivity contribution is -0.136. The minimum absolute atomic E-state index is 0.0290. The Morgan fingerprint density at radius 2 is 1.67 bits per heavy atom. The summed E-state index contributed by atoms with van der Waals surface area (Å²) in [6, 6.07) is 12.7. The number of halogens is 3. The summed E-state index contributed by atoms with van der Waals surface area (Å²) in [6.07, 6.45) is 1.99. The van der Waals surface area contributed by atoms with Gasteiger partial charge >= 0.3 is 12.2 Å². The van der Waals surface area contributed by atoms with Crippen molar-refractivity contribution in [2.45, 2.75) is 51.4 Å². The van der Waals surface area contributed by atoms with E-state index in [9.17, 15) is 27.6 Å². The average molecular weight is 824 g/mol. The Balaban J connectivity index is 0.888. The molecule has 3 amide bonds. The van der Waals surface area contributed by atoms with Gasteiger partial charge in [-0.2, -0.15) is 23.4 Å². The van der Waals surface area contributed by atoms with Gasteiger partial charge in [0.05, 0.1) is 37.2 Å². The maximum Gasteiger partial charge on any atom is 0.420 e. The summed E-state index contributed by atoms with van der Waals surface area (Å²) in [5, 5.41) is 16.7. The third kappa shape index (κ3) is 6.99. The van der Waals surface area contributed by atoms with Crippen LogP contribution in [0.4, 0.5) is 29.5 Å². The lowest BCUT2D eigenvalue weighted by Gasteiger charge is -2.36. The number of pyridine rings is 1. The van der Waals surface area contributed by atoms with E-state index in [1.165, 1.54) is 32.2 Å². The Bertz CT molecular complexity index is 2690. The molecule has 2 saturated heterocycles. The number of nitrogens with one attached hydrogen (secondary N) is 3. The van der Waals surface area contributed by atoms with E-state index in [-0.39, 0.29) is 40.9 Å². The summed E-state index contributed by atoms with van der Waals surface area (Å²) in [7, 11) is 5.00. The highest BCUT2D eigenvalue weighted by Crippen LogP contribution is 2.44. The van der Waals surface area contributed by atoms with Crippen LogP contribution in [-0.2, 0) is 43.9 Å². The highest BCUT2D eigenvalue weighted by Gasteiger charge is 2.40. The monoisotopic (exact) mass is 823 g/mol. The maximum absolute atomic E-state index is 14.8. The molecule has 9 rings (SSSR count). The number of carbonyl (C=O) groups is 2. The molecule has 3 aliphatic heterocycles. The van der Waals surface area contributed by atoms with Crippen LogP contribution in [0.25, 0.3) is 32.9 Å². The van der Waals surface area contributed by atoms with Gasteiger partial charge in [-0.05, 0) is 78.1 Å². The molecule has 0 saturated carbocycles. The van der Waals surface area contributed by atoms with Crippen molar-refractivity contribution >= 4 is 45.2 Å². The molecule has 0 spiro atoms. The van der Waals surface area contributed by atoms with E-state index in [0.717, 1.165) is 55.5 Å². The minimum atomic E-state index is -4.68. The zero-order chi connectivity index (χ0) is 41.9. The number of imide groups is 1. The summed E-state index contributed by atoms with van der Waals surface area (Å²) >= 11 is 0. The lowest BCUT2D eigenvalue weighted by Crippen LogP contribution is -2.49. The number of anilines is 2. The normalized spacial score (nSPS) is 16.8. The Kier molecular flexibility index (Phi) is 10.0. The van der Waals surface area contributed by atoms with E-state index >= 15 is 0 Å². The predicted octanol–water partition coefficient (Wildman–Crippen LogP) is 6.30. The first-order chi connectivity index (χ1) is 28.9. The number of alkyl halides is 3. The summed E-state index contributed by atoms with van der Waals surface area (Å²) in [5.41, 5.74) is 5.86. The Hall–Kier alpha value is -6.36. The largest absolute Gasteiger partial charge is 0.496 e. The highest BCUT2D eigenvalue weighted by molar-refractivity contribution is 6.09. The van der Waals surface area contributed by atoms with Crippen molar-refractivity contribution in [1.29, 1.82) is 0 Å². The molecule has 0 aliphatic carbocycles. The highest BCUT2D eigenvalue weighted by atomic mass is 19.4. The molecule has 14 nitrogen and oxygen atoms in total. The number of aromatic nitrogens is 5. The van der Waals surface area contributed by atoms with Crippen molar-refractivity contribution in [3.63, 3.8) is 0 Å². The smallest absolute Gasteiger partial charge is 0.420 e. The summed E-state index contributed by atoms with van der Waals surface area (Å²) < 4.78 is 57.7. The fourth-order valence-electron chi connectivity index (χ4n) is 9.25. The van der Waals surface area contributed by atoms with E-state index < -0.39 is 23.7 Å². The van der Waals surface area contributed by atoms with Crippen LogP contribution in [0.1, 0.15) is 47.1 Å². The summed E-state index contributed by atoms with van der Waals surface area (Å²) in [5.74, 6) is 1.30. The molecule has 3 aromatic heterocycles. The van der Waals surface area contributed by atoms with Gasteiger partial charge in [0.15, 0.2) is 5.82 Å². The quantitative estimate of drug-likeness (QED) is 0.152.